The van der Waals surface area contributed by atoms with E-state index < -0.39 is 65.3 Å². The van der Waals surface area contributed by atoms with Crippen molar-refractivity contribution in [1.29, 1.82) is 0 Å². The lowest BCUT2D eigenvalue weighted by atomic mass is 9.81. The lowest BCUT2D eigenvalue weighted by Crippen LogP contribution is -2.50. The fourth-order valence-corrected chi connectivity index (χ4v) is 6.77. The molecule has 2 amide bonds. The smallest absolute Gasteiger partial charge is 0.322 e. The van der Waals surface area contributed by atoms with Crippen molar-refractivity contribution in [3.63, 3.8) is 0 Å². The molecule has 0 radical (unpaired) electrons. The highest BCUT2D eigenvalue weighted by molar-refractivity contribution is 7.99. The van der Waals surface area contributed by atoms with Crippen molar-refractivity contribution >= 4 is 79.4 Å². The quantitative estimate of drug-likeness (QED) is 0.106. The van der Waals surface area contributed by atoms with Gasteiger partial charge in [-0.2, -0.15) is 0 Å². The first kappa shape index (κ1) is 29.9. The second-order valence-corrected chi connectivity index (χ2v) is 11.5. The van der Waals surface area contributed by atoms with Gasteiger partial charge in [-0.25, -0.2) is 0 Å². The van der Waals surface area contributed by atoms with Crippen molar-refractivity contribution in [2.24, 2.45) is 5.73 Å². The number of thioether (sulfide) groups is 1. The molecule has 0 unspecified atom stereocenters. The van der Waals surface area contributed by atoms with Crippen LogP contribution in [0.15, 0.2) is 48.5 Å². The summed E-state index contributed by atoms with van der Waals surface area (Å²) >= 11 is 0.961. The number of fused-ring (bicyclic) bond motifs is 2. The number of nitrogens with one attached hydrogen (secondary N) is 2. The summed E-state index contributed by atoms with van der Waals surface area (Å²) in [6.45, 7) is -0.724. The van der Waals surface area contributed by atoms with Gasteiger partial charge in [0.25, 0.3) is 0 Å². The zero-order chi connectivity index (χ0) is 31.0. The third-order valence-electron chi connectivity index (χ3n) is 7.51. The average Bonchev–Trinajstić information content (AvgIpc) is 2.99. The molecule has 0 bridgehead atoms. The molecule has 4 aromatic carbocycles. The standard InChI is InChI=1S/C30H27N3O9S/c31-18(30(41)42)8-9-20(34)33-19(29(40)32-11-21(35)36)12-43-28-24-16-7-6-14-3-1-2-13-4-5-15(23(16)22(13)14)10-17(24)25(37)26(38)27(28)39/h1-7,10,18-19,27-28,39H,8-9,11-12,31H2,(H,32,40)(H,33,34)(H,35,36)(H,41,42)/t18-,19-,27-,28-/m0/s1. The number of Topliss-reactive ketones (excluding diaryl/α,β-unsaturated/α-hetero) is 2. The van der Waals surface area contributed by atoms with Gasteiger partial charge in [0.15, 0.2) is 0 Å². The van der Waals surface area contributed by atoms with Crippen molar-refractivity contribution in [1.82, 2.24) is 10.6 Å². The van der Waals surface area contributed by atoms with Crippen LogP contribution in [-0.2, 0) is 24.0 Å². The number of carboxylic acid groups (broad SMARTS) is 2. The van der Waals surface area contributed by atoms with Crippen molar-refractivity contribution in [2.45, 2.75) is 36.3 Å². The van der Waals surface area contributed by atoms with Crippen LogP contribution >= 0.6 is 11.8 Å². The molecule has 4 aromatic rings. The Hall–Kier alpha value is -4.59. The normalized spacial score (nSPS) is 18.0. The predicted molar refractivity (Wildman–Crippen MR) is 158 cm³/mol. The number of benzene rings is 4. The Morgan fingerprint density at radius 3 is 2.30 bits per heavy atom. The average molecular weight is 606 g/mol. The SMILES string of the molecule is N[C@@H](CCC(=O)N[C@@H](CS[C@H]1c2c(cc3ccc4cccc5ccc2c3c45)C(=O)C(=O)[C@@H]1O)C(=O)NCC(=O)O)C(=O)O. The summed E-state index contributed by atoms with van der Waals surface area (Å²) in [6.07, 6.45) is -2.27. The molecule has 222 valence electrons. The number of amides is 2. The van der Waals surface area contributed by atoms with E-state index in [9.17, 15) is 33.9 Å². The van der Waals surface area contributed by atoms with Gasteiger partial charge in [-0.1, -0.05) is 42.5 Å². The number of rotatable bonds is 11. The molecule has 7 N–H and O–H groups in total. The zero-order valence-electron chi connectivity index (χ0n) is 22.5. The molecular formula is C30H27N3O9S. The van der Waals surface area contributed by atoms with Crippen LogP contribution in [-0.4, -0.2) is 81.1 Å². The largest absolute Gasteiger partial charge is 0.480 e. The van der Waals surface area contributed by atoms with E-state index in [0.29, 0.717) is 10.9 Å². The number of carbonyl (C=O) groups is 6. The molecule has 0 aliphatic heterocycles. The molecule has 0 fully saturated rings. The second-order valence-electron chi connectivity index (χ2n) is 10.3. The molecule has 0 heterocycles. The van der Waals surface area contributed by atoms with Crippen LogP contribution in [0, 0.1) is 0 Å². The summed E-state index contributed by atoms with van der Waals surface area (Å²) in [7, 11) is 0. The van der Waals surface area contributed by atoms with E-state index in [4.69, 9.17) is 15.9 Å². The lowest BCUT2D eigenvalue weighted by Gasteiger charge is -2.31. The third kappa shape index (κ3) is 5.74. The van der Waals surface area contributed by atoms with Crippen LogP contribution in [0.5, 0.6) is 0 Å². The Labute approximate surface area is 247 Å². The van der Waals surface area contributed by atoms with Gasteiger partial charge in [-0.15, -0.1) is 11.8 Å². The van der Waals surface area contributed by atoms with Gasteiger partial charge >= 0.3 is 11.9 Å². The lowest BCUT2D eigenvalue weighted by molar-refractivity contribution is -0.139. The first-order chi connectivity index (χ1) is 20.5. The van der Waals surface area contributed by atoms with Crippen LogP contribution in [0.3, 0.4) is 0 Å². The van der Waals surface area contributed by atoms with Gasteiger partial charge in [0, 0.05) is 17.7 Å². The van der Waals surface area contributed by atoms with Gasteiger partial charge in [-0.3, -0.25) is 28.8 Å². The summed E-state index contributed by atoms with van der Waals surface area (Å²) in [6, 6.07) is 12.4. The van der Waals surface area contributed by atoms with E-state index >= 15 is 0 Å². The van der Waals surface area contributed by atoms with Crippen molar-refractivity contribution < 1.29 is 44.1 Å². The Morgan fingerprint density at radius 1 is 0.953 bits per heavy atom. The molecule has 13 heteroatoms. The summed E-state index contributed by atoms with van der Waals surface area (Å²) in [5, 5.41) is 37.8. The minimum atomic E-state index is -1.74. The number of nitrogens with two attached hydrogens (primary N) is 1. The first-order valence-electron chi connectivity index (χ1n) is 13.3. The number of hydrogen-bond donors (Lipinski definition) is 6. The minimum absolute atomic E-state index is 0.136. The molecule has 0 saturated heterocycles. The van der Waals surface area contributed by atoms with Gasteiger partial charge in [0.1, 0.15) is 24.7 Å². The number of ketones is 2. The number of aliphatic carboxylic acids is 2. The van der Waals surface area contributed by atoms with Gasteiger partial charge in [0.2, 0.25) is 23.4 Å². The Bertz CT molecular complexity index is 1790. The maximum Gasteiger partial charge on any atom is 0.322 e. The highest BCUT2D eigenvalue weighted by Crippen LogP contribution is 2.46. The van der Waals surface area contributed by atoms with Crippen molar-refractivity contribution in [3.8, 4) is 0 Å². The Morgan fingerprint density at radius 2 is 1.63 bits per heavy atom. The van der Waals surface area contributed by atoms with E-state index in [2.05, 4.69) is 10.6 Å². The number of aliphatic hydroxyl groups is 1. The molecule has 1 aliphatic carbocycles. The topological polar surface area (TPSA) is 213 Å². The molecule has 12 nitrogen and oxygen atoms in total. The third-order valence-corrected chi connectivity index (χ3v) is 8.88. The van der Waals surface area contributed by atoms with E-state index in [1.807, 2.05) is 42.5 Å². The fraction of sp³-hybridized carbons (Fsp3) is 0.267. The molecule has 0 spiro atoms. The molecule has 0 aromatic heterocycles. The van der Waals surface area contributed by atoms with E-state index in [1.165, 1.54) is 0 Å². The molecule has 1 aliphatic rings. The molecule has 5 rings (SSSR count). The van der Waals surface area contributed by atoms with Gasteiger partial charge in [0.05, 0.1) is 5.25 Å². The first-order valence-corrected chi connectivity index (χ1v) is 14.4. The number of carboxylic acids is 2. The fourth-order valence-electron chi connectivity index (χ4n) is 5.41. The maximum absolute atomic E-state index is 13.1. The minimum Gasteiger partial charge on any atom is -0.480 e. The van der Waals surface area contributed by atoms with Crippen LogP contribution in [0.2, 0.25) is 0 Å². The molecule has 4 atom stereocenters. The summed E-state index contributed by atoms with van der Waals surface area (Å²) in [5.41, 5.74) is 6.03. The van der Waals surface area contributed by atoms with Gasteiger partial charge in [-0.05, 0) is 50.4 Å². The maximum atomic E-state index is 13.1. The zero-order valence-corrected chi connectivity index (χ0v) is 23.3. The molecule has 0 saturated carbocycles. The monoisotopic (exact) mass is 605 g/mol. The van der Waals surface area contributed by atoms with Crippen molar-refractivity contribution in [3.05, 3.63) is 59.7 Å². The van der Waals surface area contributed by atoms with Crippen LogP contribution in [0.4, 0.5) is 0 Å². The van der Waals surface area contributed by atoms with Crippen molar-refractivity contribution in [2.75, 3.05) is 12.3 Å². The Kier molecular flexibility index (Phi) is 8.31. The predicted octanol–water partition coefficient (Wildman–Crippen LogP) is 1.36. The highest BCUT2D eigenvalue weighted by Gasteiger charge is 2.42. The molecular weight excluding hydrogens is 578 g/mol. The summed E-state index contributed by atoms with van der Waals surface area (Å²) < 4.78 is 0. The summed E-state index contributed by atoms with van der Waals surface area (Å²) in [4.78, 5) is 73.5. The van der Waals surface area contributed by atoms with E-state index in [1.54, 1.807) is 6.07 Å². The van der Waals surface area contributed by atoms with Crippen LogP contribution in [0.25, 0.3) is 32.3 Å². The summed E-state index contributed by atoms with van der Waals surface area (Å²) in [5.74, 6) is -6.20. The number of hydrogen-bond acceptors (Lipinski definition) is 9. The molecule has 43 heavy (non-hydrogen) atoms. The Balaban J connectivity index is 1.50. The highest BCUT2D eigenvalue weighted by atomic mass is 32.2. The van der Waals surface area contributed by atoms with Crippen LogP contribution < -0.4 is 16.4 Å². The second kappa shape index (κ2) is 12.0. The van der Waals surface area contributed by atoms with Crippen LogP contribution in [0.1, 0.15) is 34.0 Å². The number of aliphatic hydroxyl groups excluding tert-OH is 1. The van der Waals surface area contributed by atoms with E-state index in [0.717, 1.165) is 38.7 Å². The number of carbonyl (C=O) groups excluding carboxylic acids is 4. The van der Waals surface area contributed by atoms with E-state index in [-0.39, 0.29) is 24.2 Å². The van der Waals surface area contributed by atoms with Gasteiger partial charge < -0.3 is 31.7 Å².